The van der Waals surface area contributed by atoms with Crippen LogP contribution in [0.25, 0.3) is 0 Å². The van der Waals surface area contributed by atoms with Crippen LogP contribution in [0.5, 0.6) is 0 Å². The molecule has 1 fully saturated rings. The van der Waals surface area contributed by atoms with Gasteiger partial charge in [-0.15, -0.1) is 0 Å². The summed E-state index contributed by atoms with van der Waals surface area (Å²) in [6.07, 6.45) is 1.35. The van der Waals surface area contributed by atoms with E-state index in [1.807, 2.05) is 0 Å². The van der Waals surface area contributed by atoms with Crippen LogP contribution >= 0.6 is 0 Å². The molecule has 4 nitrogen and oxygen atoms in total. The number of carbonyl (C=O) groups excluding carboxylic acids is 1. The standard InChI is InChI=1S/C17H24F2N2O2/c1-12-5-7-21(8-6-12)11-14(22)10-20-16(23)9-13-3-2-4-15(18)17(13)19/h2-4,12,14,22H,5-11H2,1H3,(H,20,23). The lowest BCUT2D eigenvalue weighted by molar-refractivity contribution is -0.121. The molecule has 1 aliphatic rings. The highest BCUT2D eigenvalue weighted by atomic mass is 19.2. The Kier molecular flexibility index (Phi) is 6.47. The molecular weight excluding hydrogens is 302 g/mol. The van der Waals surface area contributed by atoms with Crippen LogP contribution in [0.3, 0.4) is 0 Å². The molecule has 1 amide bonds. The number of carbonyl (C=O) groups is 1. The number of nitrogens with one attached hydrogen (secondary N) is 1. The highest BCUT2D eigenvalue weighted by Gasteiger charge is 2.19. The summed E-state index contributed by atoms with van der Waals surface area (Å²) in [7, 11) is 0. The van der Waals surface area contributed by atoms with Gasteiger partial charge in [-0.2, -0.15) is 0 Å². The fourth-order valence-corrected chi connectivity index (χ4v) is 2.76. The molecule has 2 N–H and O–H groups in total. The fourth-order valence-electron chi connectivity index (χ4n) is 2.76. The van der Waals surface area contributed by atoms with Crippen molar-refractivity contribution in [2.45, 2.75) is 32.3 Å². The van der Waals surface area contributed by atoms with Crippen molar-refractivity contribution < 1.29 is 18.7 Å². The number of nitrogens with zero attached hydrogens (tertiary/aromatic N) is 1. The van der Waals surface area contributed by atoms with Gasteiger partial charge in [0.05, 0.1) is 12.5 Å². The lowest BCUT2D eigenvalue weighted by Gasteiger charge is -2.31. The van der Waals surface area contributed by atoms with E-state index in [0.29, 0.717) is 6.54 Å². The van der Waals surface area contributed by atoms with E-state index in [1.54, 1.807) is 0 Å². The van der Waals surface area contributed by atoms with Gasteiger partial charge < -0.3 is 15.3 Å². The minimum atomic E-state index is -0.995. The maximum absolute atomic E-state index is 13.5. The Labute approximate surface area is 135 Å². The number of piperidine rings is 1. The minimum Gasteiger partial charge on any atom is -0.390 e. The van der Waals surface area contributed by atoms with E-state index in [0.717, 1.165) is 37.9 Å². The second kappa shape index (κ2) is 8.36. The monoisotopic (exact) mass is 326 g/mol. The average Bonchev–Trinajstić information content (AvgIpc) is 2.52. The minimum absolute atomic E-state index is 0.0157. The number of aliphatic hydroxyl groups is 1. The number of hydrogen-bond acceptors (Lipinski definition) is 3. The largest absolute Gasteiger partial charge is 0.390 e. The van der Waals surface area contributed by atoms with Crippen molar-refractivity contribution in [1.82, 2.24) is 10.2 Å². The number of rotatable bonds is 6. The molecule has 0 aliphatic carbocycles. The zero-order valence-electron chi connectivity index (χ0n) is 13.4. The molecule has 23 heavy (non-hydrogen) atoms. The third-order valence-corrected chi connectivity index (χ3v) is 4.26. The van der Waals surface area contributed by atoms with E-state index in [4.69, 9.17) is 0 Å². The summed E-state index contributed by atoms with van der Waals surface area (Å²) < 4.78 is 26.6. The molecule has 128 valence electrons. The van der Waals surface area contributed by atoms with E-state index in [-0.39, 0.29) is 18.5 Å². The Balaban J connectivity index is 1.72. The first-order valence-corrected chi connectivity index (χ1v) is 8.05. The van der Waals surface area contributed by atoms with Crippen molar-refractivity contribution in [2.24, 2.45) is 5.92 Å². The van der Waals surface area contributed by atoms with E-state index in [2.05, 4.69) is 17.1 Å². The van der Waals surface area contributed by atoms with E-state index < -0.39 is 23.6 Å². The van der Waals surface area contributed by atoms with Gasteiger partial charge in [0.25, 0.3) is 0 Å². The van der Waals surface area contributed by atoms with Crippen LogP contribution in [-0.4, -0.2) is 48.2 Å². The van der Waals surface area contributed by atoms with Crippen LogP contribution in [0.1, 0.15) is 25.3 Å². The summed E-state index contributed by atoms with van der Waals surface area (Å²) >= 11 is 0. The zero-order chi connectivity index (χ0) is 16.8. The predicted octanol–water partition coefficient (Wildman–Crippen LogP) is 1.72. The third-order valence-electron chi connectivity index (χ3n) is 4.26. The molecule has 0 bridgehead atoms. The molecule has 1 atom stereocenters. The van der Waals surface area contributed by atoms with Crippen molar-refractivity contribution in [2.75, 3.05) is 26.2 Å². The van der Waals surface area contributed by atoms with Gasteiger partial charge in [-0.05, 0) is 37.9 Å². The Hall–Kier alpha value is -1.53. The van der Waals surface area contributed by atoms with Crippen LogP contribution in [0.4, 0.5) is 8.78 Å². The van der Waals surface area contributed by atoms with Gasteiger partial charge in [-0.3, -0.25) is 4.79 Å². The molecular formula is C17H24F2N2O2. The van der Waals surface area contributed by atoms with Gasteiger partial charge in [0.2, 0.25) is 5.91 Å². The van der Waals surface area contributed by atoms with Crippen LogP contribution in [0.2, 0.25) is 0 Å². The maximum atomic E-state index is 13.5. The lowest BCUT2D eigenvalue weighted by atomic mass is 9.99. The SMILES string of the molecule is CC1CCN(CC(O)CNC(=O)Cc2cccc(F)c2F)CC1. The summed E-state index contributed by atoms with van der Waals surface area (Å²) in [5.74, 6) is -1.66. The molecule has 0 spiro atoms. The molecule has 1 unspecified atom stereocenters. The molecule has 1 saturated heterocycles. The maximum Gasteiger partial charge on any atom is 0.224 e. The second-order valence-electron chi connectivity index (χ2n) is 6.33. The molecule has 1 heterocycles. The van der Waals surface area contributed by atoms with Crippen molar-refractivity contribution in [1.29, 1.82) is 0 Å². The van der Waals surface area contributed by atoms with E-state index in [1.165, 1.54) is 12.1 Å². The second-order valence-corrected chi connectivity index (χ2v) is 6.33. The normalized spacial score (nSPS) is 17.9. The van der Waals surface area contributed by atoms with Gasteiger partial charge in [-0.1, -0.05) is 19.1 Å². The Morgan fingerprint density at radius 1 is 1.39 bits per heavy atom. The van der Waals surface area contributed by atoms with Crippen molar-refractivity contribution in [3.63, 3.8) is 0 Å². The first-order chi connectivity index (χ1) is 11.0. The predicted molar refractivity (Wildman–Crippen MR) is 83.9 cm³/mol. The highest BCUT2D eigenvalue weighted by molar-refractivity contribution is 5.78. The summed E-state index contributed by atoms with van der Waals surface area (Å²) in [6, 6.07) is 3.76. The smallest absolute Gasteiger partial charge is 0.224 e. The molecule has 0 aromatic heterocycles. The quantitative estimate of drug-likeness (QED) is 0.837. The van der Waals surface area contributed by atoms with Crippen molar-refractivity contribution in [3.8, 4) is 0 Å². The number of aliphatic hydroxyl groups excluding tert-OH is 1. The van der Waals surface area contributed by atoms with Crippen LogP contribution in [-0.2, 0) is 11.2 Å². The van der Waals surface area contributed by atoms with Crippen LogP contribution in [0, 0.1) is 17.6 Å². The molecule has 1 aliphatic heterocycles. The first kappa shape index (κ1) is 17.8. The number of amides is 1. The number of hydrogen-bond donors (Lipinski definition) is 2. The summed E-state index contributed by atoms with van der Waals surface area (Å²) in [4.78, 5) is 14.0. The molecule has 2 rings (SSSR count). The molecule has 1 aromatic rings. The third kappa shape index (κ3) is 5.55. The molecule has 0 radical (unpaired) electrons. The molecule has 6 heteroatoms. The summed E-state index contributed by atoms with van der Waals surface area (Å²) in [6.45, 7) is 4.77. The van der Waals surface area contributed by atoms with Gasteiger partial charge >= 0.3 is 0 Å². The summed E-state index contributed by atoms with van der Waals surface area (Å²) in [5, 5.41) is 12.6. The zero-order valence-corrected chi connectivity index (χ0v) is 13.4. The van der Waals surface area contributed by atoms with Crippen LogP contribution in [0.15, 0.2) is 18.2 Å². The molecule has 0 saturated carbocycles. The highest BCUT2D eigenvalue weighted by Crippen LogP contribution is 2.16. The number of benzene rings is 1. The number of β-amino-alcohol motifs (C(OH)–C–C–N with tert-alkyl or cyclic N) is 1. The number of halogens is 2. The van der Waals surface area contributed by atoms with Crippen molar-refractivity contribution in [3.05, 3.63) is 35.4 Å². The average molecular weight is 326 g/mol. The Bertz CT molecular complexity index is 531. The van der Waals surface area contributed by atoms with Gasteiger partial charge in [0.1, 0.15) is 0 Å². The van der Waals surface area contributed by atoms with Gasteiger partial charge in [0, 0.05) is 18.7 Å². The summed E-state index contributed by atoms with van der Waals surface area (Å²) in [5.41, 5.74) is 0.0157. The van der Waals surface area contributed by atoms with Crippen molar-refractivity contribution >= 4 is 5.91 Å². The lowest BCUT2D eigenvalue weighted by Crippen LogP contribution is -2.43. The fraction of sp³-hybridized carbons (Fsp3) is 0.588. The Morgan fingerprint density at radius 3 is 2.78 bits per heavy atom. The molecule has 1 aromatic carbocycles. The van der Waals surface area contributed by atoms with E-state index >= 15 is 0 Å². The number of likely N-dealkylation sites (tertiary alicyclic amines) is 1. The van der Waals surface area contributed by atoms with Crippen LogP contribution < -0.4 is 5.32 Å². The van der Waals surface area contributed by atoms with E-state index in [9.17, 15) is 18.7 Å². The van der Waals surface area contributed by atoms with Gasteiger partial charge in [-0.25, -0.2) is 8.78 Å². The topological polar surface area (TPSA) is 52.6 Å². The first-order valence-electron chi connectivity index (χ1n) is 8.05. The van der Waals surface area contributed by atoms with Gasteiger partial charge in [0.15, 0.2) is 11.6 Å². The Morgan fingerprint density at radius 2 is 2.09 bits per heavy atom.